The fourth-order valence-corrected chi connectivity index (χ4v) is 3.50. The van der Waals surface area contributed by atoms with Crippen LogP contribution in [0.25, 0.3) is 0 Å². The number of aliphatic hydroxyl groups excluding tert-OH is 2. The summed E-state index contributed by atoms with van der Waals surface area (Å²) in [6.07, 6.45) is 0.863. The minimum absolute atomic E-state index is 0.0914. The lowest BCUT2D eigenvalue weighted by atomic mass is 9.83. The quantitative estimate of drug-likeness (QED) is 0.435. The third kappa shape index (κ3) is 5.20. The van der Waals surface area contributed by atoms with Crippen molar-refractivity contribution in [2.45, 2.75) is 12.8 Å². The first-order valence-electron chi connectivity index (χ1n) is 9.51. The van der Waals surface area contributed by atoms with Gasteiger partial charge in [-0.05, 0) is 60.1 Å². The summed E-state index contributed by atoms with van der Waals surface area (Å²) in [4.78, 5) is 0. The zero-order chi connectivity index (χ0) is 22.3. The van der Waals surface area contributed by atoms with Crippen molar-refractivity contribution < 1.29 is 39.4 Å². The summed E-state index contributed by atoms with van der Waals surface area (Å²) in [7, 11) is 5.79. The molecule has 0 spiro atoms. The van der Waals surface area contributed by atoms with Crippen LogP contribution in [0.3, 0.4) is 0 Å². The Morgan fingerprint density at radius 2 is 0.867 bits per heavy atom. The molecule has 0 aromatic heterocycles. The lowest BCUT2D eigenvalue weighted by molar-refractivity contribution is 0.119. The predicted octanol–water partition coefficient (Wildman–Crippen LogP) is 2.13. The molecule has 2 rings (SSSR count). The fourth-order valence-electron chi connectivity index (χ4n) is 3.50. The summed E-state index contributed by atoms with van der Waals surface area (Å²) in [5.74, 6) is 0.352. The first-order chi connectivity index (χ1) is 14.4. The molecule has 0 unspecified atom stereocenters. The topological polar surface area (TPSA) is 118 Å². The SMILES string of the molecule is COc1cc(C[C@@H](CO)[C@@H](CO)Cc2cc(OC)c(O)c(OC)c2)cc(OC)c1O. The largest absolute Gasteiger partial charge is 0.502 e. The summed E-state index contributed by atoms with van der Waals surface area (Å²) in [6.45, 7) is -0.299. The highest BCUT2D eigenvalue weighted by Gasteiger charge is 2.24. The first kappa shape index (κ1) is 23.4. The van der Waals surface area contributed by atoms with E-state index < -0.39 is 0 Å². The van der Waals surface area contributed by atoms with E-state index in [0.29, 0.717) is 12.8 Å². The van der Waals surface area contributed by atoms with Gasteiger partial charge in [-0.2, -0.15) is 0 Å². The third-order valence-corrected chi connectivity index (χ3v) is 5.21. The average molecular weight is 422 g/mol. The maximum atomic E-state index is 10.1. The number of hydrogen-bond acceptors (Lipinski definition) is 8. The van der Waals surface area contributed by atoms with Crippen LogP contribution in [0.2, 0.25) is 0 Å². The van der Waals surface area contributed by atoms with Crippen LogP contribution in [0.15, 0.2) is 24.3 Å². The van der Waals surface area contributed by atoms with Gasteiger partial charge in [0.1, 0.15) is 0 Å². The van der Waals surface area contributed by atoms with Gasteiger partial charge in [-0.15, -0.1) is 0 Å². The number of ether oxygens (including phenoxy) is 4. The molecular weight excluding hydrogens is 392 g/mol. The van der Waals surface area contributed by atoms with Gasteiger partial charge in [0, 0.05) is 13.2 Å². The summed E-state index contributed by atoms with van der Waals surface area (Å²) < 4.78 is 20.8. The van der Waals surface area contributed by atoms with E-state index in [2.05, 4.69) is 0 Å². The Labute approximate surface area is 176 Å². The van der Waals surface area contributed by atoms with Gasteiger partial charge < -0.3 is 39.4 Å². The smallest absolute Gasteiger partial charge is 0.200 e. The van der Waals surface area contributed by atoms with Crippen LogP contribution in [0.1, 0.15) is 11.1 Å². The maximum absolute atomic E-state index is 10.1. The highest BCUT2D eigenvalue weighted by atomic mass is 16.5. The van der Waals surface area contributed by atoms with Crippen molar-refractivity contribution in [2.75, 3.05) is 41.7 Å². The van der Waals surface area contributed by atoms with Crippen LogP contribution in [0.4, 0.5) is 0 Å². The molecule has 0 saturated carbocycles. The van der Waals surface area contributed by atoms with Crippen molar-refractivity contribution in [2.24, 2.45) is 11.8 Å². The zero-order valence-corrected chi connectivity index (χ0v) is 17.7. The van der Waals surface area contributed by atoms with Gasteiger partial charge in [0.2, 0.25) is 11.5 Å². The Morgan fingerprint density at radius 1 is 0.600 bits per heavy atom. The molecule has 2 atom stereocenters. The molecule has 30 heavy (non-hydrogen) atoms. The molecule has 8 nitrogen and oxygen atoms in total. The van der Waals surface area contributed by atoms with Crippen molar-refractivity contribution in [3.63, 3.8) is 0 Å². The number of phenols is 2. The van der Waals surface area contributed by atoms with Crippen LogP contribution in [0.5, 0.6) is 34.5 Å². The molecule has 0 aliphatic rings. The first-order valence-corrected chi connectivity index (χ1v) is 9.51. The second kappa shape index (κ2) is 10.8. The van der Waals surface area contributed by atoms with Crippen LogP contribution >= 0.6 is 0 Å². The molecule has 2 aromatic carbocycles. The number of benzene rings is 2. The minimum Gasteiger partial charge on any atom is -0.502 e. The number of hydrogen-bond donors (Lipinski definition) is 4. The molecule has 0 aliphatic heterocycles. The number of aliphatic hydroxyl groups is 2. The van der Waals surface area contributed by atoms with Crippen LogP contribution in [-0.4, -0.2) is 62.1 Å². The van der Waals surface area contributed by atoms with Crippen molar-refractivity contribution in [3.05, 3.63) is 35.4 Å². The van der Waals surface area contributed by atoms with E-state index in [-0.39, 0.29) is 59.5 Å². The third-order valence-electron chi connectivity index (χ3n) is 5.21. The zero-order valence-electron chi connectivity index (χ0n) is 17.7. The Morgan fingerprint density at radius 3 is 1.07 bits per heavy atom. The molecule has 0 heterocycles. The van der Waals surface area contributed by atoms with E-state index in [4.69, 9.17) is 18.9 Å². The standard InChI is InChI=1S/C22H30O8/c1-27-17-7-13(8-18(28-2)21(17)25)5-15(11-23)16(12-24)6-14-9-19(29-3)22(26)20(10-14)30-4/h7-10,15-16,23-26H,5-6,11-12H2,1-4H3/t15-,16+. The molecule has 0 radical (unpaired) electrons. The van der Waals surface area contributed by atoms with Crippen molar-refractivity contribution >= 4 is 0 Å². The van der Waals surface area contributed by atoms with Crippen LogP contribution < -0.4 is 18.9 Å². The lowest BCUT2D eigenvalue weighted by Crippen LogP contribution is -2.26. The minimum atomic E-state index is -0.278. The highest BCUT2D eigenvalue weighted by Crippen LogP contribution is 2.40. The molecule has 0 saturated heterocycles. The predicted molar refractivity (Wildman–Crippen MR) is 111 cm³/mol. The average Bonchev–Trinajstić information content (AvgIpc) is 2.77. The maximum Gasteiger partial charge on any atom is 0.200 e. The molecule has 0 amide bonds. The van der Waals surface area contributed by atoms with E-state index in [9.17, 15) is 20.4 Å². The van der Waals surface area contributed by atoms with Crippen LogP contribution in [-0.2, 0) is 12.8 Å². The van der Waals surface area contributed by atoms with Crippen molar-refractivity contribution in [1.82, 2.24) is 0 Å². The van der Waals surface area contributed by atoms with Crippen LogP contribution in [0, 0.1) is 11.8 Å². The Kier molecular flexibility index (Phi) is 8.44. The normalized spacial score (nSPS) is 12.9. The van der Waals surface area contributed by atoms with Gasteiger partial charge in [-0.1, -0.05) is 0 Å². The Bertz CT molecular complexity index is 716. The second-order valence-electron chi connectivity index (χ2n) is 6.99. The number of phenolic OH excluding ortho intramolecular Hbond substituents is 2. The van der Waals surface area contributed by atoms with Gasteiger partial charge in [0.25, 0.3) is 0 Å². The number of aromatic hydroxyl groups is 2. The summed E-state index contributed by atoms with van der Waals surface area (Å²) >= 11 is 0. The van der Waals surface area contributed by atoms with Gasteiger partial charge in [-0.3, -0.25) is 0 Å². The van der Waals surface area contributed by atoms with Crippen molar-refractivity contribution in [3.8, 4) is 34.5 Å². The van der Waals surface area contributed by atoms with E-state index in [1.165, 1.54) is 28.4 Å². The number of rotatable bonds is 11. The van der Waals surface area contributed by atoms with Gasteiger partial charge in [0.15, 0.2) is 23.0 Å². The van der Waals surface area contributed by atoms with E-state index in [1.807, 2.05) is 0 Å². The van der Waals surface area contributed by atoms with E-state index in [0.717, 1.165) is 11.1 Å². The molecule has 166 valence electrons. The molecule has 0 bridgehead atoms. The Hall–Kier alpha value is -2.84. The monoisotopic (exact) mass is 422 g/mol. The summed E-state index contributed by atoms with van der Waals surface area (Å²) in [5.41, 5.74) is 1.58. The van der Waals surface area contributed by atoms with E-state index in [1.54, 1.807) is 24.3 Å². The molecule has 4 N–H and O–H groups in total. The lowest BCUT2D eigenvalue weighted by Gasteiger charge is -2.25. The molecule has 8 heteroatoms. The fraction of sp³-hybridized carbons (Fsp3) is 0.455. The van der Waals surface area contributed by atoms with E-state index >= 15 is 0 Å². The highest BCUT2D eigenvalue weighted by molar-refractivity contribution is 5.53. The van der Waals surface area contributed by atoms with Crippen molar-refractivity contribution in [1.29, 1.82) is 0 Å². The summed E-state index contributed by atoms with van der Waals surface area (Å²) in [6, 6.07) is 6.73. The molecule has 0 fully saturated rings. The summed E-state index contributed by atoms with van der Waals surface area (Å²) in [5, 5.41) is 40.2. The van der Waals surface area contributed by atoms with Gasteiger partial charge in [-0.25, -0.2) is 0 Å². The number of methoxy groups -OCH3 is 4. The molecule has 2 aromatic rings. The molecular formula is C22H30O8. The second-order valence-corrected chi connectivity index (χ2v) is 6.99. The van der Waals surface area contributed by atoms with Gasteiger partial charge in [0.05, 0.1) is 28.4 Å². The molecule has 0 aliphatic carbocycles. The van der Waals surface area contributed by atoms with Gasteiger partial charge >= 0.3 is 0 Å². The Balaban J connectivity index is 2.29.